The molecule has 0 bridgehead atoms. The number of nitriles is 1. The summed E-state index contributed by atoms with van der Waals surface area (Å²) in [7, 11) is 1.59. The Bertz CT molecular complexity index is 733. The maximum Gasteiger partial charge on any atom is 0.234 e. The molecule has 0 spiro atoms. The fourth-order valence-electron chi connectivity index (χ4n) is 2.12. The summed E-state index contributed by atoms with van der Waals surface area (Å²) in [5.41, 5.74) is 3.14. The molecule has 0 saturated carbocycles. The molecular formula is C19H20N2O3. The van der Waals surface area contributed by atoms with Gasteiger partial charge in [0, 0.05) is 6.54 Å². The number of hydrogen-bond acceptors (Lipinski definition) is 4. The summed E-state index contributed by atoms with van der Waals surface area (Å²) in [4.78, 5) is 11.4. The van der Waals surface area contributed by atoms with E-state index in [-0.39, 0.29) is 12.3 Å². The minimum absolute atomic E-state index is 0.146. The van der Waals surface area contributed by atoms with Crippen LogP contribution in [0.3, 0.4) is 0 Å². The van der Waals surface area contributed by atoms with E-state index in [0.717, 1.165) is 11.1 Å². The largest absolute Gasteiger partial charge is 0.493 e. The van der Waals surface area contributed by atoms with Gasteiger partial charge in [-0.3, -0.25) is 4.79 Å². The molecule has 1 amide bonds. The summed E-state index contributed by atoms with van der Waals surface area (Å²) in [5.74, 6) is 0.953. The third-order valence-corrected chi connectivity index (χ3v) is 3.47. The highest BCUT2D eigenvalue weighted by atomic mass is 16.5. The number of aryl methyl sites for hydroxylation is 1. The molecule has 2 aromatic carbocycles. The van der Waals surface area contributed by atoms with E-state index in [9.17, 15) is 4.79 Å². The summed E-state index contributed by atoms with van der Waals surface area (Å²) >= 11 is 0. The van der Waals surface area contributed by atoms with Crippen LogP contribution in [0, 0.1) is 18.3 Å². The Labute approximate surface area is 141 Å². The van der Waals surface area contributed by atoms with Crippen LogP contribution in [0.25, 0.3) is 0 Å². The second kappa shape index (κ2) is 8.59. The predicted molar refractivity (Wildman–Crippen MR) is 90.6 cm³/mol. The molecule has 0 aliphatic carbocycles. The van der Waals surface area contributed by atoms with Crippen molar-refractivity contribution in [1.29, 1.82) is 5.26 Å². The van der Waals surface area contributed by atoms with Crippen LogP contribution in [0.15, 0.2) is 42.5 Å². The van der Waals surface area contributed by atoms with Gasteiger partial charge in [0.05, 0.1) is 13.2 Å². The summed E-state index contributed by atoms with van der Waals surface area (Å²) in [5, 5.41) is 11.2. The lowest BCUT2D eigenvalue weighted by atomic mass is 10.1. The van der Waals surface area contributed by atoms with E-state index in [1.54, 1.807) is 13.2 Å². The Morgan fingerprint density at radius 3 is 2.50 bits per heavy atom. The number of amides is 1. The van der Waals surface area contributed by atoms with Crippen LogP contribution in [0.1, 0.15) is 23.1 Å². The third-order valence-electron chi connectivity index (χ3n) is 3.47. The van der Waals surface area contributed by atoms with Crippen molar-refractivity contribution in [2.24, 2.45) is 0 Å². The van der Waals surface area contributed by atoms with E-state index in [0.29, 0.717) is 24.7 Å². The summed E-state index contributed by atoms with van der Waals surface area (Å²) < 4.78 is 11.2. The zero-order valence-corrected chi connectivity index (χ0v) is 13.8. The number of methoxy groups -OCH3 is 1. The van der Waals surface area contributed by atoms with Crippen LogP contribution in [-0.2, 0) is 17.9 Å². The molecule has 124 valence electrons. The second-order valence-electron chi connectivity index (χ2n) is 5.37. The van der Waals surface area contributed by atoms with Gasteiger partial charge in [-0.15, -0.1) is 0 Å². The van der Waals surface area contributed by atoms with Crippen LogP contribution in [0.5, 0.6) is 11.5 Å². The second-order valence-corrected chi connectivity index (χ2v) is 5.37. The van der Waals surface area contributed by atoms with Gasteiger partial charge in [0.1, 0.15) is 13.0 Å². The van der Waals surface area contributed by atoms with Gasteiger partial charge in [-0.2, -0.15) is 5.26 Å². The number of carbonyl (C=O) groups excluding carboxylic acids is 1. The van der Waals surface area contributed by atoms with E-state index in [1.807, 2.05) is 49.4 Å². The van der Waals surface area contributed by atoms with E-state index in [4.69, 9.17) is 14.7 Å². The first-order chi connectivity index (χ1) is 11.6. The predicted octanol–water partition coefficient (Wildman–Crippen LogP) is 3.11. The van der Waals surface area contributed by atoms with Crippen molar-refractivity contribution in [2.75, 3.05) is 7.11 Å². The number of ether oxygens (including phenoxy) is 2. The number of rotatable bonds is 7. The number of carbonyl (C=O) groups is 1. The van der Waals surface area contributed by atoms with E-state index < -0.39 is 0 Å². The Morgan fingerprint density at radius 1 is 1.12 bits per heavy atom. The lowest BCUT2D eigenvalue weighted by Gasteiger charge is -2.13. The van der Waals surface area contributed by atoms with Crippen molar-refractivity contribution in [3.05, 3.63) is 59.2 Å². The van der Waals surface area contributed by atoms with Crippen molar-refractivity contribution in [1.82, 2.24) is 5.32 Å². The van der Waals surface area contributed by atoms with Gasteiger partial charge in [-0.25, -0.2) is 0 Å². The van der Waals surface area contributed by atoms with Crippen LogP contribution in [-0.4, -0.2) is 13.0 Å². The summed E-state index contributed by atoms with van der Waals surface area (Å²) in [6.07, 6.45) is -0.146. The van der Waals surface area contributed by atoms with Gasteiger partial charge in [0.25, 0.3) is 0 Å². The first kappa shape index (κ1) is 17.4. The van der Waals surface area contributed by atoms with Gasteiger partial charge in [0.15, 0.2) is 11.5 Å². The Morgan fingerprint density at radius 2 is 1.83 bits per heavy atom. The van der Waals surface area contributed by atoms with E-state index in [2.05, 4.69) is 5.32 Å². The van der Waals surface area contributed by atoms with E-state index in [1.165, 1.54) is 5.56 Å². The van der Waals surface area contributed by atoms with Crippen molar-refractivity contribution >= 4 is 5.91 Å². The molecule has 0 aromatic heterocycles. The maximum atomic E-state index is 11.4. The minimum Gasteiger partial charge on any atom is -0.493 e. The molecule has 0 aliphatic rings. The molecule has 1 N–H and O–H groups in total. The van der Waals surface area contributed by atoms with Gasteiger partial charge in [-0.05, 0) is 30.2 Å². The number of nitrogens with one attached hydrogen (secondary N) is 1. The molecule has 2 rings (SSSR count). The minimum atomic E-state index is -0.296. The Balaban J connectivity index is 2.04. The highest BCUT2D eigenvalue weighted by Crippen LogP contribution is 2.29. The Hall–Kier alpha value is -3.00. The zero-order valence-electron chi connectivity index (χ0n) is 13.8. The molecule has 5 nitrogen and oxygen atoms in total. The summed E-state index contributed by atoms with van der Waals surface area (Å²) in [6, 6.07) is 15.4. The first-order valence-electron chi connectivity index (χ1n) is 7.61. The van der Waals surface area contributed by atoms with Crippen molar-refractivity contribution < 1.29 is 14.3 Å². The van der Waals surface area contributed by atoms with Gasteiger partial charge in [0.2, 0.25) is 5.91 Å². The lowest BCUT2D eigenvalue weighted by Crippen LogP contribution is -2.21. The van der Waals surface area contributed by atoms with Gasteiger partial charge in [-0.1, -0.05) is 35.9 Å². The van der Waals surface area contributed by atoms with Crippen molar-refractivity contribution in [3.8, 4) is 17.6 Å². The molecule has 0 radical (unpaired) electrons. The number of benzene rings is 2. The summed E-state index contributed by atoms with van der Waals surface area (Å²) in [6.45, 7) is 2.81. The van der Waals surface area contributed by atoms with Crippen LogP contribution in [0.2, 0.25) is 0 Å². The molecule has 0 heterocycles. The monoisotopic (exact) mass is 324 g/mol. The normalized spacial score (nSPS) is 9.88. The fraction of sp³-hybridized carbons (Fsp3) is 0.263. The molecule has 0 saturated heterocycles. The van der Waals surface area contributed by atoms with Crippen LogP contribution < -0.4 is 14.8 Å². The quantitative estimate of drug-likeness (QED) is 0.849. The van der Waals surface area contributed by atoms with Crippen molar-refractivity contribution in [3.63, 3.8) is 0 Å². The maximum absolute atomic E-state index is 11.4. The lowest BCUT2D eigenvalue weighted by molar-refractivity contribution is -0.120. The standard InChI is InChI=1S/C19H20N2O3/c1-14-3-5-15(6-4-14)13-24-18-11-16(7-8-17(18)23-2)12-21-19(22)9-10-20/h3-8,11H,9,12-13H2,1-2H3,(H,21,22). The topological polar surface area (TPSA) is 71.3 Å². The number of nitrogens with zero attached hydrogens (tertiary/aromatic N) is 1. The Kier molecular flexibility index (Phi) is 6.21. The fourth-order valence-corrected chi connectivity index (χ4v) is 2.12. The highest BCUT2D eigenvalue weighted by Gasteiger charge is 2.08. The molecule has 24 heavy (non-hydrogen) atoms. The molecule has 0 unspecified atom stereocenters. The van der Waals surface area contributed by atoms with Gasteiger partial charge >= 0.3 is 0 Å². The van der Waals surface area contributed by atoms with Crippen molar-refractivity contribution in [2.45, 2.75) is 26.5 Å². The molecule has 0 atom stereocenters. The molecule has 0 fully saturated rings. The third kappa shape index (κ3) is 5.03. The van der Waals surface area contributed by atoms with E-state index >= 15 is 0 Å². The average molecular weight is 324 g/mol. The SMILES string of the molecule is COc1ccc(CNC(=O)CC#N)cc1OCc1ccc(C)cc1. The van der Waals surface area contributed by atoms with Crippen LogP contribution >= 0.6 is 0 Å². The smallest absolute Gasteiger partial charge is 0.234 e. The molecule has 0 aliphatic heterocycles. The highest BCUT2D eigenvalue weighted by molar-refractivity contribution is 5.77. The van der Waals surface area contributed by atoms with Crippen LogP contribution in [0.4, 0.5) is 0 Å². The zero-order chi connectivity index (χ0) is 17.4. The number of hydrogen-bond donors (Lipinski definition) is 1. The molecule has 5 heteroatoms. The molecule has 2 aromatic rings. The van der Waals surface area contributed by atoms with Gasteiger partial charge < -0.3 is 14.8 Å². The average Bonchev–Trinajstić information content (AvgIpc) is 2.60. The first-order valence-corrected chi connectivity index (χ1v) is 7.61. The molecular weight excluding hydrogens is 304 g/mol.